The fourth-order valence-corrected chi connectivity index (χ4v) is 3.52. The zero-order chi connectivity index (χ0) is 15.1. The van der Waals surface area contributed by atoms with Gasteiger partial charge in [-0.1, -0.05) is 51.0 Å². The smallest absolute Gasteiger partial charge is 0.0239 e. The fourth-order valence-electron chi connectivity index (χ4n) is 3.52. The van der Waals surface area contributed by atoms with Crippen molar-refractivity contribution in [3.05, 3.63) is 35.4 Å². The van der Waals surface area contributed by atoms with Crippen molar-refractivity contribution in [3.63, 3.8) is 0 Å². The summed E-state index contributed by atoms with van der Waals surface area (Å²) in [6.07, 6.45) is 6.75. The van der Waals surface area contributed by atoms with E-state index in [2.05, 4.69) is 48.3 Å². The van der Waals surface area contributed by atoms with Gasteiger partial charge in [0.2, 0.25) is 0 Å². The maximum absolute atomic E-state index is 3.27. The topological polar surface area (TPSA) is 15.3 Å². The Hall–Kier alpha value is -0.860. The average Bonchev–Trinajstić information content (AvgIpc) is 2.99. The first kappa shape index (κ1) is 16.5. The van der Waals surface area contributed by atoms with Gasteiger partial charge in [0.15, 0.2) is 0 Å². The van der Waals surface area contributed by atoms with Gasteiger partial charge in [0.25, 0.3) is 0 Å². The molecule has 0 radical (unpaired) electrons. The molecule has 2 nitrogen and oxygen atoms in total. The van der Waals surface area contributed by atoms with E-state index in [1.807, 2.05) is 7.05 Å². The number of rotatable bonds is 8. The van der Waals surface area contributed by atoms with Gasteiger partial charge in [0, 0.05) is 19.1 Å². The minimum absolute atomic E-state index is 0.745. The van der Waals surface area contributed by atoms with E-state index in [0.717, 1.165) is 31.5 Å². The van der Waals surface area contributed by atoms with Crippen LogP contribution in [0, 0.1) is 5.92 Å². The van der Waals surface area contributed by atoms with Crippen molar-refractivity contribution in [1.82, 2.24) is 10.2 Å². The number of nitrogens with zero attached hydrogens (tertiary/aromatic N) is 1. The van der Waals surface area contributed by atoms with Crippen molar-refractivity contribution in [3.8, 4) is 0 Å². The molecule has 0 aliphatic heterocycles. The molecule has 1 N–H and O–H groups in total. The van der Waals surface area contributed by atoms with Gasteiger partial charge < -0.3 is 5.32 Å². The van der Waals surface area contributed by atoms with E-state index in [1.165, 1.54) is 43.4 Å². The van der Waals surface area contributed by atoms with Crippen LogP contribution < -0.4 is 5.32 Å². The summed E-state index contributed by atoms with van der Waals surface area (Å²) in [5.41, 5.74) is 3.04. The predicted molar refractivity (Wildman–Crippen MR) is 91.6 cm³/mol. The maximum atomic E-state index is 3.27. The molecule has 1 aromatic rings. The molecular formula is C19H32N2. The number of benzene rings is 1. The Bertz CT molecular complexity index is 408. The van der Waals surface area contributed by atoms with Crippen LogP contribution in [0.3, 0.4) is 0 Å². The molecule has 1 aromatic carbocycles. The van der Waals surface area contributed by atoms with Gasteiger partial charge in [-0.25, -0.2) is 0 Å². The highest BCUT2D eigenvalue weighted by molar-refractivity contribution is 5.27. The van der Waals surface area contributed by atoms with E-state index in [0.29, 0.717) is 0 Å². The second-order valence-electron chi connectivity index (χ2n) is 6.88. The molecule has 0 bridgehead atoms. The highest BCUT2D eigenvalue weighted by atomic mass is 15.2. The molecule has 118 valence electrons. The Kier molecular flexibility index (Phi) is 6.72. The Balaban J connectivity index is 2.07. The molecule has 21 heavy (non-hydrogen) atoms. The second kappa shape index (κ2) is 8.55. The lowest BCUT2D eigenvalue weighted by molar-refractivity contribution is 0.168. The van der Waals surface area contributed by atoms with Crippen LogP contribution in [0.2, 0.25) is 0 Å². The molecule has 0 spiro atoms. The number of hydrogen-bond acceptors (Lipinski definition) is 2. The van der Waals surface area contributed by atoms with Crippen molar-refractivity contribution in [2.24, 2.45) is 5.92 Å². The number of likely N-dealkylation sites (N-methyl/N-ethyl adjacent to an activating group) is 1. The van der Waals surface area contributed by atoms with Crippen LogP contribution in [0.5, 0.6) is 0 Å². The molecule has 2 rings (SSSR count). The highest BCUT2D eigenvalue weighted by Crippen LogP contribution is 2.26. The van der Waals surface area contributed by atoms with Crippen LogP contribution in [0.1, 0.15) is 50.7 Å². The molecule has 0 atom stereocenters. The Morgan fingerprint density at radius 2 is 1.81 bits per heavy atom. The third-order valence-electron chi connectivity index (χ3n) is 4.58. The molecule has 1 saturated carbocycles. The minimum Gasteiger partial charge on any atom is -0.319 e. The van der Waals surface area contributed by atoms with Crippen LogP contribution >= 0.6 is 0 Å². The van der Waals surface area contributed by atoms with Crippen LogP contribution in [-0.4, -0.2) is 31.1 Å². The third kappa shape index (κ3) is 5.12. The van der Waals surface area contributed by atoms with Crippen molar-refractivity contribution < 1.29 is 0 Å². The molecule has 1 aliphatic rings. The van der Waals surface area contributed by atoms with Gasteiger partial charge in [0.1, 0.15) is 0 Å². The third-order valence-corrected chi connectivity index (χ3v) is 4.58. The molecule has 0 aromatic heterocycles. The van der Waals surface area contributed by atoms with E-state index in [4.69, 9.17) is 0 Å². The SMILES string of the molecule is CNCCc1ccccc1CN(CC(C)C)C1CCCC1. The first-order chi connectivity index (χ1) is 10.2. The quantitative estimate of drug-likeness (QED) is 0.781. The maximum Gasteiger partial charge on any atom is 0.0239 e. The molecule has 1 fully saturated rings. The van der Waals surface area contributed by atoms with Gasteiger partial charge in [-0.05, 0) is 49.9 Å². The average molecular weight is 288 g/mol. The van der Waals surface area contributed by atoms with Gasteiger partial charge in [-0.3, -0.25) is 4.90 Å². The van der Waals surface area contributed by atoms with E-state index in [9.17, 15) is 0 Å². The van der Waals surface area contributed by atoms with Gasteiger partial charge in [0.05, 0.1) is 0 Å². The van der Waals surface area contributed by atoms with Crippen LogP contribution in [0.25, 0.3) is 0 Å². The van der Waals surface area contributed by atoms with E-state index >= 15 is 0 Å². The molecule has 1 aliphatic carbocycles. The molecule has 2 heteroatoms. The summed E-state index contributed by atoms with van der Waals surface area (Å²) in [7, 11) is 2.03. The predicted octanol–water partition coefficient (Wildman–Crippen LogP) is 3.85. The van der Waals surface area contributed by atoms with Crippen molar-refractivity contribution in [1.29, 1.82) is 0 Å². The largest absolute Gasteiger partial charge is 0.319 e. The zero-order valence-corrected chi connectivity index (χ0v) is 14.1. The lowest BCUT2D eigenvalue weighted by Gasteiger charge is -2.31. The first-order valence-corrected chi connectivity index (χ1v) is 8.66. The Morgan fingerprint density at radius 1 is 1.14 bits per heavy atom. The number of hydrogen-bond donors (Lipinski definition) is 1. The highest BCUT2D eigenvalue weighted by Gasteiger charge is 2.23. The van der Waals surface area contributed by atoms with E-state index in [-0.39, 0.29) is 0 Å². The molecular weight excluding hydrogens is 256 g/mol. The summed E-state index contributed by atoms with van der Waals surface area (Å²) in [5.74, 6) is 0.745. The van der Waals surface area contributed by atoms with Crippen LogP contribution in [0.15, 0.2) is 24.3 Å². The summed E-state index contributed by atoms with van der Waals surface area (Å²) >= 11 is 0. The summed E-state index contributed by atoms with van der Waals surface area (Å²) < 4.78 is 0. The summed E-state index contributed by atoms with van der Waals surface area (Å²) in [4.78, 5) is 2.75. The molecule has 0 unspecified atom stereocenters. The summed E-state index contributed by atoms with van der Waals surface area (Å²) in [6, 6.07) is 9.81. The zero-order valence-electron chi connectivity index (χ0n) is 14.1. The summed E-state index contributed by atoms with van der Waals surface area (Å²) in [5, 5.41) is 3.27. The van der Waals surface area contributed by atoms with Crippen molar-refractivity contribution in [2.45, 2.75) is 58.5 Å². The monoisotopic (exact) mass is 288 g/mol. The molecule has 0 saturated heterocycles. The van der Waals surface area contributed by atoms with Crippen molar-refractivity contribution in [2.75, 3.05) is 20.1 Å². The number of nitrogens with one attached hydrogen (secondary N) is 1. The Labute approximate surface area is 130 Å². The van der Waals surface area contributed by atoms with Crippen molar-refractivity contribution >= 4 is 0 Å². The molecule has 0 amide bonds. The van der Waals surface area contributed by atoms with E-state index in [1.54, 1.807) is 0 Å². The van der Waals surface area contributed by atoms with Crippen LogP contribution in [-0.2, 0) is 13.0 Å². The standard InChI is InChI=1S/C19H32N2/c1-16(2)14-21(19-10-6-7-11-19)15-18-9-5-4-8-17(18)12-13-20-3/h4-5,8-9,16,19-20H,6-7,10-15H2,1-3H3. The lowest BCUT2D eigenvalue weighted by Crippen LogP contribution is -2.36. The van der Waals surface area contributed by atoms with E-state index < -0.39 is 0 Å². The Morgan fingerprint density at radius 3 is 2.43 bits per heavy atom. The van der Waals surface area contributed by atoms with Gasteiger partial charge in [-0.15, -0.1) is 0 Å². The normalized spacial score (nSPS) is 16.2. The minimum atomic E-state index is 0.745. The lowest BCUT2D eigenvalue weighted by atomic mass is 10.0. The first-order valence-electron chi connectivity index (χ1n) is 8.66. The summed E-state index contributed by atoms with van der Waals surface area (Å²) in [6.45, 7) is 8.10. The second-order valence-corrected chi connectivity index (χ2v) is 6.88. The van der Waals surface area contributed by atoms with Gasteiger partial charge in [-0.2, -0.15) is 0 Å². The molecule has 0 heterocycles. The van der Waals surface area contributed by atoms with Gasteiger partial charge >= 0.3 is 0 Å². The van der Waals surface area contributed by atoms with Crippen LogP contribution in [0.4, 0.5) is 0 Å². The fraction of sp³-hybridized carbons (Fsp3) is 0.684.